The van der Waals surface area contributed by atoms with Gasteiger partial charge < -0.3 is 10.6 Å². The van der Waals surface area contributed by atoms with Gasteiger partial charge in [-0.1, -0.05) is 30.4 Å². The monoisotopic (exact) mass is 242 g/mol. The number of para-hydroxylation sites is 1. The van der Waals surface area contributed by atoms with Crippen molar-refractivity contribution < 1.29 is 4.79 Å². The first kappa shape index (κ1) is 11.5. The Balaban J connectivity index is 1.90. The summed E-state index contributed by atoms with van der Waals surface area (Å²) >= 11 is 0. The average molecular weight is 242 g/mol. The van der Waals surface area contributed by atoms with Gasteiger partial charge >= 0.3 is 0 Å². The van der Waals surface area contributed by atoms with Crippen molar-refractivity contribution in [3.05, 3.63) is 42.0 Å². The molecule has 1 amide bonds. The first-order valence-corrected chi connectivity index (χ1v) is 6.55. The number of nitrogens with zero attached hydrogens (tertiary/aromatic N) is 1. The Labute approximate surface area is 107 Å². The van der Waals surface area contributed by atoms with Crippen molar-refractivity contribution in [3.8, 4) is 0 Å². The number of hydrogen-bond acceptors (Lipinski definition) is 2. The fourth-order valence-electron chi connectivity index (χ4n) is 2.87. The molecule has 0 saturated heterocycles. The molecule has 1 aliphatic carbocycles. The first-order chi connectivity index (χ1) is 8.75. The number of benzene rings is 1. The second kappa shape index (κ2) is 4.58. The minimum atomic E-state index is 0.0539. The zero-order valence-corrected chi connectivity index (χ0v) is 10.4. The molecule has 2 N–H and O–H groups in total. The summed E-state index contributed by atoms with van der Waals surface area (Å²) in [5.41, 5.74) is 8.31. The summed E-state index contributed by atoms with van der Waals surface area (Å²) in [6, 6.07) is 8.15. The maximum Gasteiger partial charge on any atom is 0.230 e. The Morgan fingerprint density at radius 3 is 2.72 bits per heavy atom. The third-order valence-electron chi connectivity index (χ3n) is 3.80. The number of anilines is 1. The van der Waals surface area contributed by atoms with Gasteiger partial charge in [0, 0.05) is 24.2 Å². The Morgan fingerprint density at radius 1 is 1.22 bits per heavy atom. The van der Waals surface area contributed by atoms with Crippen molar-refractivity contribution in [1.29, 1.82) is 0 Å². The third-order valence-corrected chi connectivity index (χ3v) is 3.80. The van der Waals surface area contributed by atoms with Gasteiger partial charge in [0.05, 0.1) is 0 Å². The largest absolute Gasteiger partial charge is 0.326 e. The number of allylic oxidation sites excluding steroid dienone is 2. The van der Waals surface area contributed by atoms with Crippen LogP contribution in [0.5, 0.6) is 0 Å². The molecular formula is C15H18N2O. The second-order valence-electron chi connectivity index (χ2n) is 5.18. The normalized spacial score (nSPS) is 23.2. The van der Waals surface area contributed by atoms with Crippen LogP contribution in [0.25, 0.3) is 0 Å². The highest BCUT2D eigenvalue weighted by atomic mass is 16.2. The fourth-order valence-corrected chi connectivity index (χ4v) is 2.87. The standard InChI is InChI=1S/C15H18N2O/c16-13-9-12-7-3-4-8-14(12)17(10-13)15(18)11-5-1-2-6-11/h1-4,7-8,11,13H,5-6,9-10,16H2. The van der Waals surface area contributed by atoms with Gasteiger partial charge in [-0.05, 0) is 30.9 Å². The predicted molar refractivity (Wildman–Crippen MR) is 72.3 cm³/mol. The van der Waals surface area contributed by atoms with E-state index in [4.69, 9.17) is 5.73 Å². The lowest BCUT2D eigenvalue weighted by Crippen LogP contribution is -2.48. The SMILES string of the molecule is NC1Cc2ccccc2N(C(=O)C2CC=CC2)C1. The van der Waals surface area contributed by atoms with Crippen molar-refractivity contribution in [2.45, 2.75) is 25.3 Å². The summed E-state index contributed by atoms with van der Waals surface area (Å²) in [5, 5.41) is 0. The van der Waals surface area contributed by atoms with Crippen molar-refractivity contribution in [2.24, 2.45) is 11.7 Å². The number of rotatable bonds is 1. The quantitative estimate of drug-likeness (QED) is 0.764. The lowest BCUT2D eigenvalue weighted by Gasteiger charge is -2.34. The lowest BCUT2D eigenvalue weighted by molar-refractivity contribution is -0.122. The summed E-state index contributed by atoms with van der Waals surface area (Å²) in [6.45, 7) is 0.645. The Kier molecular flexibility index (Phi) is 2.92. The molecule has 1 heterocycles. The molecule has 2 aliphatic rings. The Bertz CT molecular complexity index is 487. The van der Waals surface area contributed by atoms with Crippen LogP contribution in [0.3, 0.4) is 0 Å². The Morgan fingerprint density at radius 2 is 1.94 bits per heavy atom. The molecule has 18 heavy (non-hydrogen) atoms. The van der Waals surface area contributed by atoms with Crippen LogP contribution in [0.1, 0.15) is 18.4 Å². The summed E-state index contributed by atoms with van der Waals surface area (Å²) in [7, 11) is 0. The smallest absolute Gasteiger partial charge is 0.230 e. The van der Waals surface area contributed by atoms with E-state index < -0.39 is 0 Å². The van der Waals surface area contributed by atoms with E-state index in [1.54, 1.807) is 0 Å². The highest BCUT2D eigenvalue weighted by Crippen LogP contribution is 2.30. The van der Waals surface area contributed by atoms with Crippen molar-refractivity contribution in [3.63, 3.8) is 0 Å². The minimum absolute atomic E-state index is 0.0539. The van der Waals surface area contributed by atoms with E-state index in [9.17, 15) is 4.79 Å². The molecule has 94 valence electrons. The van der Waals surface area contributed by atoms with Crippen molar-refractivity contribution in [1.82, 2.24) is 0 Å². The molecule has 3 rings (SSSR count). The van der Waals surface area contributed by atoms with E-state index in [-0.39, 0.29) is 17.9 Å². The third kappa shape index (κ3) is 1.95. The van der Waals surface area contributed by atoms with Gasteiger partial charge in [-0.15, -0.1) is 0 Å². The minimum Gasteiger partial charge on any atom is -0.326 e. The molecule has 1 unspecified atom stereocenters. The fraction of sp³-hybridized carbons (Fsp3) is 0.400. The average Bonchev–Trinajstić information content (AvgIpc) is 2.90. The zero-order valence-electron chi connectivity index (χ0n) is 10.4. The second-order valence-corrected chi connectivity index (χ2v) is 5.18. The van der Waals surface area contributed by atoms with Crippen LogP contribution in [0.2, 0.25) is 0 Å². The van der Waals surface area contributed by atoms with Crippen molar-refractivity contribution >= 4 is 11.6 Å². The van der Waals surface area contributed by atoms with Crippen LogP contribution in [-0.4, -0.2) is 18.5 Å². The van der Waals surface area contributed by atoms with Crippen LogP contribution >= 0.6 is 0 Å². The molecule has 1 aliphatic heterocycles. The van der Waals surface area contributed by atoms with Gasteiger partial charge in [0.25, 0.3) is 0 Å². The van der Waals surface area contributed by atoms with Crippen LogP contribution in [-0.2, 0) is 11.2 Å². The summed E-state index contributed by atoms with van der Waals surface area (Å²) in [5.74, 6) is 0.339. The number of carbonyl (C=O) groups is 1. The molecule has 1 aromatic carbocycles. The van der Waals surface area contributed by atoms with E-state index in [0.717, 1.165) is 24.9 Å². The molecule has 1 atom stereocenters. The molecule has 3 heteroatoms. The number of amides is 1. The molecule has 0 saturated carbocycles. The van der Waals surface area contributed by atoms with E-state index in [2.05, 4.69) is 18.2 Å². The molecule has 0 aromatic heterocycles. The number of carbonyl (C=O) groups excluding carboxylic acids is 1. The van der Waals surface area contributed by atoms with E-state index in [1.165, 1.54) is 5.56 Å². The zero-order chi connectivity index (χ0) is 12.5. The summed E-state index contributed by atoms with van der Waals surface area (Å²) in [4.78, 5) is 14.4. The highest BCUT2D eigenvalue weighted by molar-refractivity contribution is 5.96. The molecule has 0 radical (unpaired) electrons. The molecule has 0 fully saturated rings. The lowest BCUT2D eigenvalue weighted by atomic mass is 9.96. The van der Waals surface area contributed by atoms with Gasteiger partial charge in [-0.25, -0.2) is 0 Å². The van der Waals surface area contributed by atoms with Crippen LogP contribution in [0, 0.1) is 5.92 Å². The topological polar surface area (TPSA) is 46.3 Å². The van der Waals surface area contributed by atoms with Gasteiger partial charge in [0.15, 0.2) is 0 Å². The van der Waals surface area contributed by atoms with Gasteiger partial charge in [-0.3, -0.25) is 4.79 Å². The molecule has 3 nitrogen and oxygen atoms in total. The molecule has 0 bridgehead atoms. The maximum absolute atomic E-state index is 12.5. The van der Waals surface area contributed by atoms with Crippen molar-refractivity contribution in [2.75, 3.05) is 11.4 Å². The number of hydrogen-bond donors (Lipinski definition) is 1. The molecule has 1 aromatic rings. The van der Waals surface area contributed by atoms with Gasteiger partial charge in [0.1, 0.15) is 0 Å². The predicted octanol–water partition coefficient (Wildman–Crippen LogP) is 1.87. The molecular weight excluding hydrogens is 224 g/mol. The van der Waals surface area contributed by atoms with Gasteiger partial charge in [0.2, 0.25) is 5.91 Å². The van der Waals surface area contributed by atoms with E-state index in [1.807, 2.05) is 23.1 Å². The first-order valence-electron chi connectivity index (χ1n) is 6.55. The summed E-state index contributed by atoms with van der Waals surface area (Å²) in [6.07, 6.45) is 6.79. The molecule has 0 spiro atoms. The van der Waals surface area contributed by atoms with E-state index >= 15 is 0 Å². The Hall–Kier alpha value is -1.61. The maximum atomic E-state index is 12.5. The van der Waals surface area contributed by atoms with E-state index in [0.29, 0.717) is 6.54 Å². The van der Waals surface area contributed by atoms with Gasteiger partial charge in [-0.2, -0.15) is 0 Å². The van der Waals surface area contributed by atoms with Crippen LogP contribution in [0.4, 0.5) is 5.69 Å². The van der Waals surface area contributed by atoms with Crippen LogP contribution < -0.4 is 10.6 Å². The summed E-state index contributed by atoms with van der Waals surface area (Å²) < 4.78 is 0. The highest BCUT2D eigenvalue weighted by Gasteiger charge is 2.31. The van der Waals surface area contributed by atoms with Crippen LogP contribution in [0.15, 0.2) is 36.4 Å². The number of fused-ring (bicyclic) bond motifs is 1. The number of nitrogens with two attached hydrogens (primary N) is 1.